The standard InChI is InChI=1S/C14H12BrN3O3/c1-21-14-9-12(5-7-17-14)16-6-4-10-2-3-11(15)8-13(10)18(19)20/h2-3,5-9H,4H2,1H3. The highest BCUT2D eigenvalue weighted by Crippen LogP contribution is 2.24. The fourth-order valence-corrected chi connectivity index (χ4v) is 2.07. The van der Waals surface area contributed by atoms with Gasteiger partial charge in [0.15, 0.2) is 0 Å². The molecule has 7 heteroatoms. The van der Waals surface area contributed by atoms with Crippen LogP contribution in [-0.2, 0) is 6.42 Å². The molecule has 0 radical (unpaired) electrons. The van der Waals surface area contributed by atoms with Crippen LogP contribution in [0.15, 0.2) is 46.0 Å². The second kappa shape index (κ2) is 6.94. The number of nitro benzene ring substituents is 1. The Bertz CT molecular complexity index is 689. The maximum absolute atomic E-state index is 11.0. The number of hydrogen-bond donors (Lipinski definition) is 0. The van der Waals surface area contributed by atoms with Crippen LogP contribution in [0.2, 0.25) is 0 Å². The predicted octanol–water partition coefficient (Wildman–Crippen LogP) is 3.71. The van der Waals surface area contributed by atoms with Crippen LogP contribution in [0.3, 0.4) is 0 Å². The van der Waals surface area contributed by atoms with Crippen molar-refractivity contribution in [2.45, 2.75) is 6.42 Å². The molecule has 0 amide bonds. The summed E-state index contributed by atoms with van der Waals surface area (Å²) in [5.74, 6) is 0.472. The van der Waals surface area contributed by atoms with Crippen molar-refractivity contribution in [3.05, 3.63) is 56.7 Å². The van der Waals surface area contributed by atoms with Crippen LogP contribution in [0.25, 0.3) is 0 Å². The zero-order chi connectivity index (χ0) is 15.2. The first-order valence-electron chi connectivity index (χ1n) is 6.05. The maximum atomic E-state index is 11.0. The maximum Gasteiger partial charge on any atom is 0.274 e. The molecule has 2 aromatic rings. The number of benzene rings is 1. The Morgan fingerprint density at radius 3 is 2.95 bits per heavy atom. The topological polar surface area (TPSA) is 77.6 Å². The van der Waals surface area contributed by atoms with Crippen LogP contribution in [0.5, 0.6) is 5.88 Å². The van der Waals surface area contributed by atoms with Gasteiger partial charge in [0.25, 0.3) is 5.69 Å². The van der Waals surface area contributed by atoms with E-state index in [-0.39, 0.29) is 5.69 Å². The molecule has 0 atom stereocenters. The van der Waals surface area contributed by atoms with Gasteiger partial charge in [-0.1, -0.05) is 22.0 Å². The Balaban J connectivity index is 2.15. The van der Waals surface area contributed by atoms with Gasteiger partial charge < -0.3 is 4.74 Å². The molecule has 0 aliphatic carbocycles. The largest absolute Gasteiger partial charge is 0.481 e. The van der Waals surface area contributed by atoms with E-state index in [0.717, 1.165) is 0 Å². The number of nitro groups is 1. The molecule has 108 valence electrons. The lowest BCUT2D eigenvalue weighted by Crippen LogP contribution is -1.96. The highest BCUT2D eigenvalue weighted by Gasteiger charge is 2.12. The van der Waals surface area contributed by atoms with Gasteiger partial charge in [-0.25, -0.2) is 4.98 Å². The van der Waals surface area contributed by atoms with Gasteiger partial charge in [0.1, 0.15) is 0 Å². The average Bonchev–Trinajstić information content (AvgIpc) is 2.48. The second-order valence-corrected chi connectivity index (χ2v) is 5.02. The van der Waals surface area contributed by atoms with Gasteiger partial charge in [-0.2, -0.15) is 0 Å². The Labute approximate surface area is 129 Å². The van der Waals surface area contributed by atoms with Crippen molar-refractivity contribution < 1.29 is 9.66 Å². The van der Waals surface area contributed by atoms with Crippen molar-refractivity contribution in [1.29, 1.82) is 0 Å². The summed E-state index contributed by atoms with van der Waals surface area (Å²) < 4.78 is 5.68. The van der Waals surface area contributed by atoms with Crippen LogP contribution in [-0.4, -0.2) is 23.2 Å². The monoisotopic (exact) mass is 349 g/mol. The van der Waals surface area contributed by atoms with Crippen LogP contribution in [0.1, 0.15) is 5.56 Å². The lowest BCUT2D eigenvalue weighted by molar-refractivity contribution is -0.385. The fourth-order valence-electron chi connectivity index (χ4n) is 1.72. The minimum Gasteiger partial charge on any atom is -0.481 e. The molecular weight excluding hydrogens is 338 g/mol. The summed E-state index contributed by atoms with van der Waals surface area (Å²) in [6.07, 6.45) is 3.59. The van der Waals surface area contributed by atoms with Gasteiger partial charge in [0, 0.05) is 41.0 Å². The third-order valence-electron chi connectivity index (χ3n) is 2.72. The Morgan fingerprint density at radius 1 is 1.43 bits per heavy atom. The fraction of sp³-hybridized carbons (Fsp3) is 0.143. The van der Waals surface area contributed by atoms with Gasteiger partial charge in [-0.05, 0) is 12.1 Å². The number of nitrogens with zero attached hydrogens (tertiary/aromatic N) is 3. The Morgan fingerprint density at radius 2 is 2.24 bits per heavy atom. The smallest absolute Gasteiger partial charge is 0.274 e. The molecule has 1 aromatic heterocycles. The van der Waals surface area contributed by atoms with E-state index in [1.54, 1.807) is 36.7 Å². The summed E-state index contributed by atoms with van der Waals surface area (Å²) in [5.41, 5.74) is 1.36. The number of pyridine rings is 1. The first-order chi connectivity index (χ1) is 10.1. The first-order valence-corrected chi connectivity index (χ1v) is 6.85. The lowest BCUT2D eigenvalue weighted by Gasteiger charge is -2.01. The van der Waals surface area contributed by atoms with Crippen molar-refractivity contribution in [3.63, 3.8) is 0 Å². The second-order valence-electron chi connectivity index (χ2n) is 4.10. The van der Waals surface area contributed by atoms with E-state index in [0.29, 0.717) is 28.0 Å². The molecule has 0 bridgehead atoms. The highest BCUT2D eigenvalue weighted by molar-refractivity contribution is 9.10. The molecule has 1 aromatic carbocycles. The molecule has 0 aliphatic heterocycles. The number of methoxy groups -OCH3 is 1. The molecule has 0 saturated carbocycles. The van der Waals surface area contributed by atoms with E-state index in [1.165, 1.54) is 13.2 Å². The van der Waals surface area contributed by atoms with Crippen molar-refractivity contribution in [2.24, 2.45) is 4.99 Å². The molecule has 1 heterocycles. The van der Waals surface area contributed by atoms with Crippen molar-refractivity contribution in [2.75, 3.05) is 7.11 Å². The Hall–Kier alpha value is -2.28. The van der Waals surface area contributed by atoms with Gasteiger partial charge in [-0.15, -0.1) is 0 Å². The molecule has 0 N–H and O–H groups in total. The van der Waals surface area contributed by atoms with Gasteiger partial charge in [0.2, 0.25) is 5.88 Å². The highest BCUT2D eigenvalue weighted by atomic mass is 79.9. The summed E-state index contributed by atoms with van der Waals surface area (Å²) >= 11 is 3.23. The number of hydrogen-bond acceptors (Lipinski definition) is 5. The summed E-state index contributed by atoms with van der Waals surface area (Å²) in [4.78, 5) is 18.8. The summed E-state index contributed by atoms with van der Waals surface area (Å²) in [5, 5.41) is 11.0. The molecule has 0 saturated heterocycles. The molecule has 2 rings (SSSR count). The quantitative estimate of drug-likeness (QED) is 0.468. The number of ether oxygens (including phenoxy) is 1. The molecular formula is C14H12BrN3O3. The average molecular weight is 350 g/mol. The number of rotatable bonds is 5. The molecule has 6 nitrogen and oxygen atoms in total. The van der Waals surface area contributed by atoms with E-state index in [4.69, 9.17) is 4.74 Å². The minimum atomic E-state index is -0.399. The number of aromatic nitrogens is 1. The van der Waals surface area contributed by atoms with Crippen molar-refractivity contribution in [1.82, 2.24) is 4.98 Å². The summed E-state index contributed by atoms with van der Waals surface area (Å²) in [6, 6.07) is 8.38. The van der Waals surface area contributed by atoms with Gasteiger partial charge in [0.05, 0.1) is 17.7 Å². The van der Waals surface area contributed by atoms with E-state index in [1.807, 2.05) is 0 Å². The SMILES string of the molecule is COc1cc(N=CCc2ccc(Br)cc2[N+](=O)[O-])ccn1. The number of halogens is 1. The zero-order valence-electron chi connectivity index (χ0n) is 11.2. The first kappa shape index (κ1) is 15.1. The van der Waals surface area contributed by atoms with Crippen LogP contribution in [0.4, 0.5) is 11.4 Å². The predicted molar refractivity (Wildman–Crippen MR) is 83.4 cm³/mol. The van der Waals surface area contributed by atoms with E-state index in [9.17, 15) is 10.1 Å². The zero-order valence-corrected chi connectivity index (χ0v) is 12.8. The van der Waals surface area contributed by atoms with E-state index in [2.05, 4.69) is 25.9 Å². The van der Waals surface area contributed by atoms with Crippen LogP contribution < -0.4 is 4.74 Å². The molecule has 0 spiro atoms. The van der Waals surface area contributed by atoms with Crippen molar-refractivity contribution >= 4 is 33.5 Å². The van der Waals surface area contributed by atoms with E-state index >= 15 is 0 Å². The normalized spacial score (nSPS) is 10.8. The third-order valence-corrected chi connectivity index (χ3v) is 3.22. The van der Waals surface area contributed by atoms with Gasteiger partial charge >= 0.3 is 0 Å². The van der Waals surface area contributed by atoms with Crippen LogP contribution in [0, 0.1) is 10.1 Å². The Kier molecular flexibility index (Phi) is 4.99. The molecule has 21 heavy (non-hydrogen) atoms. The van der Waals surface area contributed by atoms with Crippen molar-refractivity contribution in [3.8, 4) is 5.88 Å². The molecule has 0 unspecified atom stereocenters. The molecule has 0 aliphatic rings. The van der Waals surface area contributed by atoms with E-state index < -0.39 is 4.92 Å². The minimum absolute atomic E-state index is 0.0723. The van der Waals surface area contributed by atoms with Gasteiger partial charge in [-0.3, -0.25) is 15.1 Å². The molecule has 0 fully saturated rings. The summed E-state index contributed by atoms with van der Waals surface area (Å²) in [6.45, 7) is 0. The summed E-state index contributed by atoms with van der Waals surface area (Å²) in [7, 11) is 1.53. The number of aliphatic imine (C=N–C) groups is 1. The van der Waals surface area contributed by atoms with Crippen LogP contribution >= 0.6 is 15.9 Å². The third kappa shape index (κ3) is 4.09. The lowest BCUT2D eigenvalue weighted by atomic mass is 10.1.